The number of rotatable bonds is 9. The van der Waals surface area contributed by atoms with Crippen molar-refractivity contribution >= 4 is 45.9 Å². The molecule has 4 rings (SSSR count). The summed E-state index contributed by atoms with van der Waals surface area (Å²) in [5.74, 6) is -0.241. The third-order valence-electron chi connectivity index (χ3n) is 5.90. The highest BCUT2D eigenvalue weighted by molar-refractivity contribution is 8.00. The number of fused-ring (bicyclic) bond motifs is 1. The van der Waals surface area contributed by atoms with Crippen LogP contribution in [0.25, 0.3) is 0 Å². The highest BCUT2D eigenvalue weighted by atomic mass is 32.2. The Morgan fingerprint density at radius 1 is 1.25 bits per heavy atom. The van der Waals surface area contributed by atoms with Gasteiger partial charge in [-0.1, -0.05) is 29.5 Å². The molecule has 9 nitrogen and oxygen atoms in total. The van der Waals surface area contributed by atoms with Gasteiger partial charge in [0.25, 0.3) is 5.91 Å². The maximum atomic E-state index is 13.0. The van der Waals surface area contributed by atoms with Gasteiger partial charge in [0.2, 0.25) is 5.91 Å². The summed E-state index contributed by atoms with van der Waals surface area (Å²) >= 11 is 2.71. The van der Waals surface area contributed by atoms with Crippen LogP contribution in [-0.2, 0) is 36.0 Å². The quantitative estimate of drug-likeness (QED) is 0.320. The van der Waals surface area contributed by atoms with Crippen LogP contribution in [-0.4, -0.2) is 44.4 Å². The van der Waals surface area contributed by atoms with E-state index in [-0.39, 0.29) is 25.0 Å². The largest absolute Gasteiger partial charge is 0.462 e. The Labute approximate surface area is 218 Å². The van der Waals surface area contributed by atoms with Crippen LogP contribution in [0.15, 0.2) is 29.4 Å². The predicted octanol–water partition coefficient (Wildman–Crippen LogP) is 3.90. The Balaban J connectivity index is 1.38. The number of amides is 2. The third-order valence-corrected chi connectivity index (χ3v) is 8.24. The minimum absolute atomic E-state index is 0.191. The molecule has 0 aliphatic heterocycles. The minimum Gasteiger partial charge on any atom is -0.462 e. The van der Waals surface area contributed by atoms with Crippen molar-refractivity contribution in [2.75, 3.05) is 11.9 Å². The van der Waals surface area contributed by atoms with E-state index in [9.17, 15) is 14.4 Å². The summed E-state index contributed by atoms with van der Waals surface area (Å²) in [6, 6.07) is 7.36. The van der Waals surface area contributed by atoms with Crippen LogP contribution >= 0.6 is 23.1 Å². The van der Waals surface area contributed by atoms with Crippen molar-refractivity contribution in [2.45, 2.75) is 57.0 Å². The monoisotopic (exact) mass is 527 g/mol. The molecule has 0 radical (unpaired) electrons. The van der Waals surface area contributed by atoms with Gasteiger partial charge in [0.05, 0.1) is 24.0 Å². The number of thioether (sulfide) groups is 1. The molecule has 0 spiro atoms. The molecule has 1 aliphatic carbocycles. The van der Waals surface area contributed by atoms with Crippen molar-refractivity contribution in [3.63, 3.8) is 0 Å². The molecule has 2 N–H and O–H groups in total. The van der Waals surface area contributed by atoms with Crippen molar-refractivity contribution < 1.29 is 19.1 Å². The van der Waals surface area contributed by atoms with Gasteiger partial charge in [-0.3, -0.25) is 9.59 Å². The molecule has 0 saturated carbocycles. The van der Waals surface area contributed by atoms with E-state index in [2.05, 4.69) is 20.8 Å². The molecule has 1 atom stereocenters. The molecule has 36 heavy (non-hydrogen) atoms. The van der Waals surface area contributed by atoms with Crippen molar-refractivity contribution in [1.82, 2.24) is 20.1 Å². The van der Waals surface area contributed by atoms with Gasteiger partial charge in [-0.2, -0.15) is 0 Å². The van der Waals surface area contributed by atoms with Gasteiger partial charge in [-0.15, -0.1) is 21.5 Å². The number of benzene rings is 1. The lowest BCUT2D eigenvalue weighted by molar-refractivity contribution is -0.115. The summed E-state index contributed by atoms with van der Waals surface area (Å²) in [5, 5.41) is 14.8. The maximum absolute atomic E-state index is 13.0. The number of carbonyl (C=O) groups is 3. The number of esters is 1. The van der Waals surface area contributed by atoms with E-state index in [0.29, 0.717) is 27.1 Å². The number of nitrogens with one attached hydrogen (secondary N) is 2. The molecule has 1 aliphatic rings. The normalized spacial score (nSPS) is 13.2. The summed E-state index contributed by atoms with van der Waals surface area (Å²) < 4.78 is 7.00. The number of nitrogens with zero attached hydrogens (tertiary/aromatic N) is 3. The van der Waals surface area contributed by atoms with Crippen LogP contribution in [0.1, 0.15) is 62.8 Å². The van der Waals surface area contributed by atoms with E-state index >= 15 is 0 Å². The molecule has 0 bridgehead atoms. The Morgan fingerprint density at radius 2 is 2.06 bits per heavy atom. The molecule has 0 unspecified atom stereocenters. The topological polar surface area (TPSA) is 115 Å². The Hall–Kier alpha value is -3.18. The molecule has 3 aromatic rings. The van der Waals surface area contributed by atoms with Crippen LogP contribution < -0.4 is 10.6 Å². The maximum Gasteiger partial charge on any atom is 0.341 e. The van der Waals surface area contributed by atoms with E-state index in [0.717, 1.165) is 35.3 Å². The van der Waals surface area contributed by atoms with Gasteiger partial charge < -0.3 is 19.9 Å². The van der Waals surface area contributed by atoms with Gasteiger partial charge in [0.15, 0.2) is 11.0 Å². The first-order chi connectivity index (χ1) is 17.3. The zero-order valence-electron chi connectivity index (χ0n) is 20.7. The predicted molar refractivity (Wildman–Crippen MR) is 140 cm³/mol. The summed E-state index contributed by atoms with van der Waals surface area (Å²) in [6.07, 6.45) is 2.74. The Kier molecular flexibility index (Phi) is 8.10. The number of hydrogen-bond donors (Lipinski definition) is 2. The fraction of sp³-hybridized carbons (Fsp3) is 0.400. The lowest BCUT2D eigenvalue weighted by Crippen LogP contribution is -2.25. The van der Waals surface area contributed by atoms with Gasteiger partial charge >= 0.3 is 5.97 Å². The molecule has 1 aromatic carbocycles. The van der Waals surface area contributed by atoms with Crippen LogP contribution in [0.3, 0.4) is 0 Å². The molecular weight excluding hydrogens is 498 g/mol. The summed E-state index contributed by atoms with van der Waals surface area (Å²) in [4.78, 5) is 39.1. The number of ether oxygens (including phenoxy) is 1. The van der Waals surface area contributed by atoms with Crippen LogP contribution in [0.4, 0.5) is 5.00 Å². The first-order valence-corrected chi connectivity index (χ1v) is 13.5. The van der Waals surface area contributed by atoms with Gasteiger partial charge in [-0.05, 0) is 57.7 Å². The Bertz CT molecular complexity index is 1300. The number of hydrogen-bond acceptors (Lipinski definition) is 8. The summed E-state index contributed by atoms with van der Waals surface area (Å²) in [7, 11) is 1.80. The zero-order chi connectivity index (χ0) is 25.8. The molecule has 190 valence electrons. The molecule has 11 heteroatoms. The number of aryl methyl sites for hydroxylation is 2. The first-order valence-electron chi connectivity index (χ1n) is 11.8. The molecule has 0 fully saturated rings. The second kappa shape index (κ2) is 11.3. The molecule has 0 saturated heterocycles. The van der Waals surface area contributed by atoms with Crippen LogP contribution in [0, 0.1) is 6.92 Å². The highest BCUT2D eigenvalue weighted by Crippen LogP contribution is 2.40. The summed E-state index contributed by atoms with van der Waals surface area (Å²) in [5.41, 5.74) is 3.08. The molecular formula is C25H29N5O4S2. The smallest absolute Gasteiger partial charge is 0.341 e. The van der Waals surface area contributed by atoms with Gasteiger partial charge in [0.1, 0.15) is 5.00 Å². The van der Waals surface area contributed by atoms with E-state index < -0.39 is 11.2 Å². The molecule has 2 aromatic heterocycles. The average molecular weight is 528 g/mol. The van der Waals surface area contributed by atoms with Gasteiger partial charge in [-0.25, -0.2) is 4.79 Å². The standard InChI is InChI=1S/C25H29N5O4S2/c1-5-34-24(33)20-17-10-7-11-18(17)36-23(20)27-21(31)15(3)35-25-29-28-19(30(25)4)13-26-22(32)16-9-6-8-14(2)12-16/h6,8-9,12,15H,5,7,10-11,13H2,1-4H3,(H,26,32)(H,27,31)/t15-/m1/s1. The fourth-order valence-electron chi connectivity index (χ4n) is 3.99. The second-order valence-electron chi connectivity index (χ2n) is 8.54. The molecule has 2 heterocycles. The van der Waals surface area contributed by atoms with Crippen molar-refractivity contribution in [1.29, 1.82) is 0 Å². The average Bonchev–Trinajstić information content (AvgIpc) is 3.53. The van der Waals surface area contributed by atoms with E-state index in [1.165, 1.54) is 23.1 Å². The van der Waals surface area contributed by atoms with Crippen molar-refractivity contribution in [3.05, 3.63) is 57.2 Å². The first kappa shape index (κ1) is 25.9. The molecule has 2 amide bonds. The second-order valence-corrected chi connectivity index (χ2v) is 11.0. The van der Waals surface area contributed by atoms with Crippen LogP contribution in [0.5, 0.6) is 0 Å². The summed E-state index contributed by atoms with van der Waals surface area (Å²) in [6.45, 7) is 5.97. The van der Waals surface area contributed by atoms with Gasteiger partial charge in [0, 0.05) is 17.5 Å². The van der Waals surface area contributed by atoms with E-state index in [4.69, 9.17) is 4.74 Å². The Morgan fingerprint density at radius 3 is 2.81 bits per heavy atom. The number of carbonyl (C=O) groups excluding carboxylic acids is 3. The van der Waals surface area contributed by atoms with Crippen molar-refractivity contribution in [2.24, 2.45) is 7.05 Å². The zero-order valence-corrected chi connectivity index (χ0v) is 22.3. The van der Waals surface area contributed by atoms with E-state index in [1.807, 2.05) is 25.1 Å². The number of thiophene rings is 1. The minimum atomic E-state index is -0.491. The van der Waals surface area contributed by atoms with E-state index in [1.54, 1.807) is 31.5 Å². The van der Waals surface area contributed by atoms with Crippen LogP contribution in [0.2, 0.25) is 0 Å². The lowest BCUT2D eigenvalue weighted by Gasteiger charge is -2.12. The number of aromatic nitrogens is 3. The highest BCUT2D eigenvalue weighted by Gasteiger charge is 2.29. The fourth-order valence-corrected chi connectivity index (χ4v) is 6.10. The SMILES string of the molecule is CCOC(=O)c1c(NC(=O)[C@@H](C)Sc2nnc(CNC(=O)c3cccc(C)c3)n2C)sc2c1CCC2. The van der Waals surface area contributed by atoms with Crippen molar-refractivity contribution in [3.8, 4) is 0 Å². The third kappa shape index (κ3) is 5.62. The lowest BCUT2D eigenvalue weighted by atomic mass is 10.1. The number of anilines is 1.